The van der Waals surface area contributed by atoms with Crippen molar-refractivity contribution < 1.29 is 4.74 Å². The van der Waals surface area contributed by atoms with E-state index in [1.54, 1.807) is 25.3 Å². The summed E-state index contributed by atoms with van der Waals surface area (Å²) in [6.45, 7) is 0. The maximum absolute atomic E-state index is 10.2. The number of benzene rings is 1. The average Bonchev–Trinajstić information content (AvgIpc) is 2.05. The predicted octanol–water partition coefficient (Wildman–Crippen LogP) is 2.70. The molecule has 0 aliphatic carbocycles. The molecule has 0 amide bonds. The van der Waals surface area contributed by atoms with E-state index in [1.165, 1.54) is 0 Å². The number of ether oxygens (including phenoxy) is 1. The van der Waals surface area contributed by atoms with Crippen LogP contribution < -0.4 is 4.74 Å². The third-order valence-corrected chi connectivity index (χ3v) is 2.16. The standard InChI is InChI=1S/C7H6INO2/c1-11-5-2-3-6(8)7(4-5)9-10/h2-4H,1H3. The number of rotatable bonds is 2. The highest BCUT2D eigenvalue weighted by atomic mass is 127. The van der Waals surface area contributed by atoms with E-state index in [0.29, 0.717) is 11.4 Å². The Kier molecular flexibility index (Phi) is 2.81. The minimum atomic E-state index is 0.421. The van der Waals surface area contributed by atoms with Crippen molar-refractivity contribution in [2.45, 2.75) is 0 Å². The topological polar surface area (TPSA) is 38.7 Å². The van der Waals surface area contributed by atoms with Crippen molar-refractivity contribution in [2.24, 2.45) is 5.18 Å². The van der Waals surface area contributed by atoms with Gasteiger partial charge in [-0.25, -0.2) is 0 Å². The van der Waals surface area contributed by atoms with Crippen LogP contribution in [-0.4, -0.2) is 7.11 Å². The van der Waals surface area contributed by atoms with Crippen LogP contribution in [-0.2, 0) is 0 Å². The lowest BCUT2D eigenvalue weighted by Crippen LogP contribution is -1.82. The minimum absolute atomic E-state index is 0.421. The Morgan fingerprint density at radius 2 is 2.27 bits per heavy atom. The smallest absolute Gasteiger partial charge is 0.124 e. The molecule has 0 radical (unpaired) electrons. The van der Waals surface area contributed by atoms with Crippen molar-refractivity contribution >= 4 is 28.3 Å². The Morgan fingerprint density at radius 3 is 2.82 bits per heavy atom. The van der Waals surface area contributed by atoms with Crippen molar-refractivity contribution in [3.63, 3.8) is 0 Å². The molecular weight excluding hydrogens is 257 g/mol. The van der Waals surface area contributed by atoms with Crippen LogP contribution in [0.3, 0.4) is 0 Å². The van der Waals surface area contributed by atoms with Gasteiger partial charge < -0.3 is 4.74 Å². The molecule has 0 bridgehead atoms. The summed E-state index contributed by atoms with van der Waals surface area (Å²) >= 11 is 2.04. The first kappa shape index (κ1) is 8.45. The van der Waals surface area contributed by atoms with Gasteiger partial charge >= 0.3 is 0 Å². The van der Waals surface area contributed by atoms with Crippen molar-refractivity contribution in [1.29, 1.82) is 0 Å². The first-order valence-corrected chi connectivity index (χ1v) is 4.02. The van der Waals surface area contributed by atoms with Crippen LogP contribution >= 0.6 is 22.6 Å². The van der Waals surface area contributed by atoms with E-state index in [0.717, 1.165) is 3.57 Å². The molecule has 4 heteroatoms. The second-order valence-corrected chi connectivity index (χ2v) is 3.07. The average molecular weight is 263 g/mol. The third kappa shape index (κ3) is 1.89. The van der Waals surface area contributed by atoms with E-state index in [-0.39, 0.29) is 0 Å². The first-order valence-electron chi connectivity index (χ1n) is 2.95. The molecule has 0 fully saturated rings. The van der Waals surface area contributed by atoms with Crippen LogP contribution in [0.25, 0.3) is 0 Å². The largest absolute Gasteiger partial charge is 0.497 e. The van der Waals surface area contributed by atoms with E-state index < -0.39 is 0 Å². The van der Waals surface area contributed by atoms with Crippen molar-refractivity contribution in [2.75, 3.05) is 7.11 Å². The second-order valence-electron chi connectivity index (χ2n) is 1.91. The molecule has 0 spiro atoms. The van der Waals surface area contributed by atoms with Crippen LogP contribution in [0.15, 0.2) is 23.4 Å². The number of hydrogen-bond donors (Lipinski definition) is 0. The fourth-order valence-electron chi connectivity index (χ4n) is 0.689. The number of hydrogen-bond acceptors (Lipinski definition) is 3. The lowest BCUT2D eigenvalue weighted by molar-refractivity contribution is 0.415. The fraction of sp³-hybridized carbons (Fsp3) is 0.143. The molecule has 58 valence electrons. The van der Waals surface area contributed by atoms with Gasteiger partial charge in [-0.15, -0.1) is 4.91 Å². The van der Waals surface area contributed by atoms with Gasteiger partial charge in [-0.3, -0.25) is 0 Å². The SMILES string of the molecule is COc1ccc(I)c(N=O)c1. The second kappa shape index (κ2) is 3.66. The Bertz CT molecular complexity index is 275. The summed E-state index contributed by atoms with van der Waals surface area (Å²) in [5, 5.41) is 2.84. The summed E-state index contributed by atoms with van der Waals surface area (Å²) in [6, 6.07) is 5.18. The van der Waals surface area contributed by atoms with Gasteiger partial charge in [0.25, 0.3) is 0 Å². The van der Waals surface area contributed by atoms with E-state index in [1.807, 2.05) is 22.6 Å². The Morgan fingerprint density at radius 1 is 1.55 bits per heavy atom. The molecule has 0 aromatic heterocycles. The Labute approximate surface area is 77.9 Å². The molecule has 0 atom stereocenters. The molecule has 0 aliphatic rings. The zero-order valence-electron chi connectivity index (χ0n) is 5.87. The van der Waals surface area contributed by atoms with Gasteiger partial charge in [0.05, 0.1) is 7.11 Å². The minimum Gasteiger partial charge on any atom is -0.497 e. The molecule has 0 unspecified atom stereocenters. The van der Waals surface area contributed by atoms with E-state index in [9.17, 15) is 4.91 Å². The summed E-state index contributed by atoms with van der Waals surface area (Å²) in [6.07, 6.45) is 0. The lowest BCUT2D eigenvalue weighted by Gasteiger charge is -1.99. The number of halogens is 1. The van der Waals surface area contributed by atoms with Crippen molar-refractivity contribution in [1.82, 2.24) is 0 Å². The molecular formula is C7H6INO2. The molecule has 0 saturated carbocycles. The maximum Gasteiger partial charge on any atom is 0.124 e. The molecule has 0 heterocycles. The van der Waals surface area contributed by atoms with E-state index in [2.05, 4.69) is 5.18 Å². The van der Waals surface area contributed by atoms with E-state index >= 15 is 0 Å². The van der Waals surface area contributed by atoms with Gasteiger partial charge in [0, 0.05) is 9.64 Å². The Hall–Kier alpha value is -0.650. The zero-order valence-corrected chi connectivity index (χ0v) is 8.03. The molecule has 1 aromatic rings. The van der Waals surface area contributed by atoms with Gasteiger partial charge in [-0.1, -0.05) is 0 Å². The highest BCUT2D eigenvalue weighted by Gasteiger charge is 2.00. The summed E-state index contributed by atoms with van der Waals surface area (Å²) in [5.41, 5.74) is 0.421. The molecule has 0 N–H and O–H groups in total. The van der Waals surface area contributed by atoms with Gasteiger partial charge in [-0.2, -0.15) is 0 Å². The highest BCUT2D eigenvalue weighted by molar-refractivity contribution is 14.1. The number of nitrogens with zero attached hydrogens (tertiary/aromatic N) is 1. The number of methoxy groups -OCH3 is 1. The quantitative estimate of drug-likeness (QED) is 0.607. The Balaban J connectivity index is 3.12. The fourth-order valence-corrected chi connectivity index (χ4v) is 1.12. The van der Waals surface area contributed by atoms with E-state index in [4.69, 9.17) is 4.74 Å². The summed E-state index contributed by atoms with van der Waals surface area (Å²) in [5.74, 6) is 0.653. The first-order chi connectivity index (χ1) is 5.27. The molecule has 3 nitrogen and oxygen atoms in total. The molecule has 11 heavy (non-hydrogen) atoms. The van der Waals surface area contributed by atoms with Crippen LogP contribution in [0.1, 0.15) is 0 Å². The molecule has 1 aromatic carbocycles. The predicted molar refractivity (Wildman–Crippen MR) is 51.2 cm³/mol. The molecule has 1 rings (SSSR count). The number of nitroso groups, excluding NO2 is 1. The monoisotopic (exact) mass is 263 g/mol. The van der Waals surface area contributed by atoms with Gasteiger partial charge in [-0.05, 0) is 39.9 Å². The van der Waals surface area contributed by atoms with Crippen LogP contribution in [0.2, 0.25) is 0 Å². The van der Waals surface area contributed by atoms with Gasteiger partial charge in [0.2, 0.25) is 0 Å². The molecule has 0 saturated heterocycles. The highest BCUT2D eigenvalue weighted by Crippen LogP contribution is 2.25. The summed E-state index contributed by atoms with van der Waals surface area (Å²) in [4.78, 5) is 10.2. The normalized spacial score (nSPS) is 9.27. The van der Waals surface area contributed by atoms with Gasteiger partial charge in [0.15, 0.2) is 0 Å². The summed E-state index contributed by atoms with van der Waals surface area (Å²) < 4.78 is 5.74. The zero-order chi connectivity index (χ0) is 8.27. The van der Waals surface area contributed by atoms with Crippen molar-refractivity contribution in [3.8, 4) is 5.75 Å². The van der Waals surface area contributed by atoms with Crippen LogP contribution in [0, 0.1) is 8.48 Å². The summed E-state index contributed by atoms with van der Waals surface area (Å²) in [7, 11) is 1.55. The molecule has 0 aliphatic heterocycles. The maximum atomic E-state index is 10.2. The van der Waals surface area contributed by atoms with Crippen LogP contribution in [0.4, 0.5) is 5.69 Å². The third-order valence-electron chi connectivity index (χ3n) is 1.25. The van der Waals surface area contributed by atoms with Crippen molar-refractivity contribution in [3.05, 3.63) is 26.7 Å². The lowest BCUT2D eigenvalue weighted by atomic mass is 10.3. The van der Waals surface area contributed by atoms with Crippen LogP contribution in [0.5, 0.6) is 5.75 Å². The van der Waals surface area contributed by atoms with Gasteiger partial charge in [0.1, 0.15) is 11.4 Å².